The molecule has 0 saturated carbocycles. The van der Waals surface area contributed by atoms with E-state index in [0.717, 1.165) is 0 Å². The van der Waals surface area contributed by atoms with E-state index in [1.54, 1.807) is 0 Å². The Hall–Kier alpha value is -0.160. The molecule has 0 amide bonds. The van der Waals surface area contributed by atoms with Gasteiger partial charge >= 0.3 is 12.6 Å². The van der Waals surface area contributed by atoms with Crippen LogP contribution in [0.15, 0.2) is 0 Å². The van der Waals surface area contributed by atoms with E-state index < -0.39 is 0 Å². The Morgan fingerprint density at radius 3 is 1.25 bits per heavy atom. The third kappa shape index (κ3) is 50.6. The second-order valence-corrected chi connectivity index (χ2v) is 0. The maximum Gasteiger partial charge on any atom is 0 e. The summed E-state index contributed by atoms with van der Waals surface area (Å²) in [6.07, 6.45) is 0. The first-order valence-corrected chi connectivity index (χ1v) is 0.258. The van der Waals surface area contributed by atoms with Gasteiger partial charge in [-0.05, 0) is 0 Å². The van der Waals surface area contributed by atoms with Crippen molar-refractivity contribution in [3.63, 3.8) is 0 Å². The molecule has 0 aliphatic heterocycles. The molecular weight excluding hydrogens is 47.6 g/mol. The number of hydrogen-bond acceptors (Lipinski definition) is 1. The zero-order valence-corrected chi connectivity index (χ0v) is 2.10. The van der Waals surface area contributed by atoms with Gasteiger partial charge in [0.1, 0.15) is 0 Å². The fraction of sp³-hybridized carbons (Fsp3) is 0. The Labute approximate surface area is 29.6 Å². The van der Waals surface area contributed by atoms with Gasteiger partial charge < -0.3 is 0 Å². The molecule has 0 aliphatic rings. The summed E-state index contributed by atoms with van der Waals surface area (Å²) in [5.41, 5.74) is 0. The largest absolute Gasteiger partial charge is 0 e. The fourth-order valence-electron chi connectivity index (χ4n) is 0. The number of rotatable bonds is 0. The quantitative estimate of drug-likeness (QED) is 0.333. The van der Waals surface area contributed by atoms with E-state index in [9.17, 15) is 0 Å². The van der Waals surface area contributed by atoms with Crippen LogP contribution in [0.5, 0.6) is 0 Å². The Balaban J connectivity index is -0.00000000500. The number of hydrogen-bond donors (Lipinski definition) is 0. The number of nitrogens with zero attached hydrogens (tertiary/aromatic N) is 1. The average Bonchev–Trinajstić information content (AvgIpc) is 1.00. The fourth-order valence-corrected chi connectivity index (χ4v) is 0. The molecule has 7 radical (unpaired) electrons. The first-order chi connectivity index (χ1) is 1.00. The van der Waals surface area contributed by atoms with Gasteiger partial charge in [0.25, 0.3) is 0 Å². The van der Waals surface area contributed by atoms with E-state index in [2.05, 4.69) is 7.49 Å². The molecule has 3 heteroatoms. The van der Waals surface area contributed by atoms with Crippen LogP contribution in [0.2, 0.25) is 0 Å². The Kier molecular flexibility index (Phi) is 4110. The van der Waals surface area contributed by atoms with E-state index in [1.807, 2.05) is 0 Å². The van der Waals surface area contributed by atoms with Gasteiger partial charge in [-0.15, -0.1) is 0 Å². The van der Waals surface area contributed by atoms with Gasteiger partial charge in [-0.2, -0.15) is 0 Å². The van der Waals surface area contributed by atoms with Crippen molar-refractivity contribution < 1.29 is 0 Å². The van der Waals surface area contributed by atoms with Crippen molar-refractivity contribution in [2.24, 2.45) is 0 Å². The van der Waals surface area contributed by atoms with Crippen LogP contribution >= 0.6 is 0 Å². The average molecular weight is 47.6 g/mol. The first-order valence-electron chi connectivity index (χ1n) is 0.258. The minimum atomic E-state index is 0. The molecule has 0 fully saturated rings. The zero-order valence-electron chi connectivity index (χ0n) is 2.10. The summed E-state index contributed by atoms with van der Waals surface area (Å²) in [6, 6.07) is 0. The van der Waals surface area contributed by atoms with Crippen molar-refractivity contribution in [1.82, 2.24) is 0 Å². The van der Waals surface area contributed by atoms with E-state index in [4.69, 9.17) is 5.16 Å². The molecule has 0 saturated heterocycles. The van der Waals surface area contributed by atoms with Crippen LogP contribution in [-0.2, 0) is 0 Å². The van der Waals surface area contributed by atoms with E-state index in [-0.39, 0.29) is 15.8 Å². The van der Waals surface area contributed by atoms with Crippen LogP contribution in [0.3, 0.4) is 0 Å². The van der Waals surface area contributed by atoms with Gasteiger partial charge in [0.15, 0.2) is 0 Å². The Morgan fingerprint density at radius 2 is 1.25 bits per heavy atom. The molecule has 4 heavy (non-hydrogen) atoms. The summed E-state index contributed by atoms with van der Waals surface area (Å²) in [6.45, 7) is 0. The SMILES string of the molecule is B#N.[B].[C]. The molecule has 0 bridgehead atoms. The summed E-state index contributed by atoms with van der Waals surface area (Å²) < 4.78 is 0. The third-order valence-corrected chi connectivity index (χ3v) is 0. The molecule has 1 nitrogen and oxygen atoms in total. The maximum atomic E-state index is 6.50. The third-order valence-electron chi connectivity index (χ3n) is 0. The van der Waals surface area contributed by atoms with Crippen molar-refractivity contribution in [3.05, 3.63) is 7.43 Å². The van der Waals surface area contributed by atoms with Crippen LogP contribution in [0.25, 0.3) is 0 Å². The van der Waals surface area contributed by atoms with Gasteiger partial charge in [-0.25, -0.2) is 0 Å². The standard InChI is InChI=1S/C.BN.B/c;1-2;. The molecule has 0 spiro atoms. The van der Waals surface area contributed by atoms with E-state index in [1.165, 1.54) is 0 Å². The molecule has 0 rings (SSSR count). The minimum Gasteiger partial charge on any atom is 0 e. The predicted molar refractivity (Wildman–Crippen MR) is 16.5 cm³/mol. The topological polar surface area (TPSA) is 23.8 Å². The van der Waals surface area contributed by atoms with Crippen LogP contribution < -0.4 is 0 Å². The smallest absolute Gasteiger partial charge is 0 e. The van der Waals surface area contributed by atoms with Crippen molar-refractivity contribution >= 4 is 15.9 Å². The molecule has 0 aliphatic carbocycles. The molecule has 0 unspecified atom stereocenters. The molecular formula is CB2N. The summed E-state index contributed by atoms with van der Waals surface area (Å²) in [5, 5.41) is 6.50. The van der Waals surface area contributed by atoms with Crippen molar-refractivity contribution in [2.45, 2.75) is 0 Å². The Morgan fingerprint density at radius 1 is 1.25 bits per heavy atom. The van der Waals surface area contributed by atoms with Crippen LogP contribution in [0.4, 0.5) is 0 Å². The van der Waals surface area contributed by atoms with E-state index >= 15 is 0 Å². The molecule has 0 aromatic carbocycles. The normalized spacial score (nSPS) is 1.25. The second-order valence-electron chi connectivity index (χ2n) is 0. The zero-order chi connectivity index (χ0) is 2.00. The Bertz CT molecular complexity index is 10.8. The maximum absolute atomic E-state index is 6.50. The molecule has 0 aromatic rings. The summed E-state index contributed by atoms with van der Waals surface area (Å²) in [4.78, 5) is 0. The molecule has 0 N–H and O–H groups in total. The van der Waals surface area contributed by atoms with Crippen molar-refractivity contribution in [2.75, 3.05) is 0 Å². The summed E-state index contributed by atoms with van der Waals surface area (Å²) in [5.74, 6) is 0. The van der Waals surface area contributed by atoms with Crippen LogP contribution in [0.1, 0.15) is 0 Å². The van der Waals surface area contributed by atoms with Crippen molar-refractivity contribution in [3.8, 4) is 0 Å². The minimum absolute atomic E-state index is 0. The van der Waals surface area contributed by atoms with Gasteiger partial charge in [0.05, 0.1) is 0 Å². The van der Waals surface area contributed by atoms with Crippen molar-refractivity contribution in [1.29, 1.82) is 5.16 Å². The van der Waals surface area contributed by atoms with Gasteiger partial charge in [0, 0.05) is 15.8 Å². The molecule has 0 atom stereocenters. The summed E-state index contributed by atoms with van der Waals surface area (Å²) >= 11 is 0. The predicted octanol–water partition coefficient (Wildman–Crippen LogP) is -0.665. The van der Waals surface area contributed by atoms with Gasteiger partial charge in [0.2, 0.25) is 0 Å². The van der Waals surface area contributed by atoms with Gasteiger partial charge in [-0.1, -0.05) is 0 Å². The monoisotopic (exact) mass is 48.0 g/mol. The van der Waals surface area contributed by atoms with E-state index in [0.29, 0.717) is 0 Å². The molecule has 0 aromatic heterocycles. The van der Waals surface area contributed by atoms with Gasteiger partial charge in [-0.3, -0.25) is 0 Å². The van der Waals surface area contributed by atoms with Crippen LogP contribution in [-0.4, -0.2) is 15.9 Å². The molecule has 15 valence electrons. The van der Waals surface area contributed by atoms with Crippen LogP contribution in [0, 0.1) is 12.6 Å². The second kappa shape index (κ2) is 375. The first kappa shape index (κ1) is 43.9. The summed E-state index contributed by atoms with van der Waals surface area (Å²) in [7, 11) is 3.50. The molecule has 0 heterocycles.